The Labute approximate surface area is 152 Å². The first-order chi connectivity index (χ1) is 13.0. The number of para-hydroxylation sites is 1. The molecule has 1 aliphatic rings. The number of hydrogen-bond acceptors (Lipinski definition) is 6. The Morgan fingerprint density at radius 3 is 1.96 bits per heavy atom. The predicted octanol–water partition coefficient (Wildman–Crippen LogP) is 6.05. The monoisotopic (exact) mass is 346 g/mol. The summed E-state index contributed by atoms with van der Waals surface area (Å²) in [5.41, 5.74) is 0.833. The molecule has 0 aromatic heterocycles. The molecule has 0 radical (unpaired) electrons. The van der Waals surface area contributed by atoms with E-state index in [4.69, 9.17) is 4.89 Å². The van der Waals surface area contributed by atoms with Crippen LogP contribution in [0.15, 0.2) is 124 Å². The summed E-state index contributed by atoms with van der Waals surface area (Å²) in [4.78, 5) is 9.76. The smallest absolute Gasteiger partial charge is 0.188 e. The van der Waals surface area contributed by atoms with Gasteiger partial charge in [-0.3, -0.25) is 4.89 Å². The van der Waals surface area contributed by atoms with Crippen molar-refractivity contribution < 1.29 is 9.88 Å². The normalized spacial score (nSPS) is 14.9. The Morgan fingerprint density at radius 1 is 0.615 bits per heavy atom. The molecule has 0 amide bonds. The molecule has 6 nitrogen and oxygen atoms in total. The number of hydrogen-bond donors (Lipinski definition) is 0. The highest BCUT2D eigenvalue weighted by atomic mass is 17.3. The Hall–Kier alpha value is -3.80. The average Bonchev–Trinajstić information content (AvgIpc) is 2.66. The van der Waals surface area contributed by atoms with E-state index < -0.39 is 0 Å². The topological polar surface area (TPSA) is 67.9 Å². The molecule has 0 spiro atoms. The van der Waals surface area contributed by atoms with Crippen LogP contribution in [-0.2, 0) is 4.99 Å². The van der Waals surface area contributed by atoms with Crippen molar-refractivity contribution in [3.05, 3.63) is 109 Å². The molecule has 0 saturated carbocycles. The second-order valence-electron chi connectivity index (χ2n) is 4.70. The first kappa shape index (κ1) is 18.5. The predicted molar refractivity (Wildman–Crippen MR) is 102 cm³/mol. The van der Waals surface area contributed by atoms with Crippen molar-refractivity contribution in [2.75, 3.05) is 0 Å². The van der Waals surface area contributed by atoms with Gasteiger partial charge >= 0.3 is 0 Å². The summed E-state index contributed by atoms with van der Waals surface area (Å²) < 4.78 is 0. The van der Waals surface area contributed by atoms with Crippen molar-refractivity contribution in [3.63, 3.8) is 0 Å². The lowest BCUT2D eigenvalue weighted by Gasteiger charge is -2.02. The molecular weight excluding hydrogens is 328 g/mol. The molecule has 2 rings (SSSR count). The van der Waals surface area contributed by atoms with Gasteiger partial charge in [-0.25, -0.2) is 0 Å². The quantitative estimate of drug-likeness (QED) is 0.536. The number of fused-ring (bicyclic) bond motifs is 1. The number of nitrogens with zero attached hydrogens (tertiary/aromatic N) is 4. The lowest BCUT2D eigenvalue weighted by molar-refractivity contribution is -0.216. The minimum absolute atomic E-state index is 0.505. The molecule has 1 aliphatic heterocycles. The Kier molecular flexibility index (Phi) is 8.98. The summed E-state index contributed by atoms with van der Waals surface area (Å²) in [7, 11) is 0. The SMILES string of the molecule is C1=CC=CC=CC=Cc2ccccc2OON=NN=NC=CC=CC=C1. The minimum Gasteiger partial charge on any atom is -0.265 e. The third-order valence-electron chi connectivity index (χ3n) is 2.86. The fraction of sp³-hybridized carbons (Fsp3) is 0. The number of allylic oxidation sites excluding steroid dienone is 12. The molecule has 0 aliphatic carbocycles. The van der Waals surface area contributed by atoms with Gasteiger partial charge in [0.15, 0.2) is 5.75 Å². The summed E-state index contributed by atoms with van der Waals surface area (Å²) in [6, 6.07) is 7.37. The van der Waals surface area contributed by atoms with Gasteiger partial charge in [0.2, 0.25) is 0 Å². The second kappa shape index (κ2) is 12.6. The van der Waals surface area contributed by atoms with Crippen LogP contribution in [0.4, 0.5) is 0 Å². The van der Waals surface area contributed by atoms with Gasteiger partial charge in [-0.15, -0.1) is 10.1 Å². The first-order valence-electron chi connectivity index (χ1n) is 7.86. The molecule has 0 fully saturated rings. The van der Waals surface area contributed by atoms with E-state index in [9.17, 15) is 0 Å². The van der Waals surface area contributed by atoms with E-state index >= 15 is 0 Å². The maximum absolute atomic E-state index is 5.10. The van der Waals surface area contributed by atoms with Crippen LogP contribution in [0.25, 0.3) is 6.08 Å². The van der Waals surface area contributed by atoms with E-state index in [1.54, 1.807) is 12.1 Å². The molecule has 130 valence electrons. The summed E-state index contributed by atoms with van der Waals surface area (Å²) >= 11 is 0. The maximum atomic E-state index is 5.10. The highest BCUT2D eigenvalue weighted by Gasteiger charge is 2.00. The fourth-order valence-electron chi connectivity index (χ4n) is 1.72. The molecule has 1 aromatic carbocycles. The van der Waals surface area contributed by atoms with Crippen molar-refractivity contribution in [1.82, 2.24) is 0 Å². The zero-order valence-electron chi connectivity index (χ0n) is 14.0. The zero-order valence-corrected chi connectivity index (χ0v) is 14.0. The van der Waals surface area contributed by atoms with Gasteiger partial charge in [-0.2, -0.15) is 0 Å². The van der Waals surface area contributed by atoms with Crippen molar-refractivity contribution in [2.45, 2.75) is 0 Å². The highest BCUT2D eigenvalue weighted by molar-refractivity contribution is 5.58. The molecule has 1 aromatic rings. The number of benzene rings is 1. The number of rotatable bonds is 0. The van der Waals surface area contributed by atoms with Crippen LogP contribution in [0.2, 0.25) is 0 Å². The Morgan fingerprint density at radius 2 is 1.23 bits per heavy atom. The molecule has 0 N–H and O–H groups in total. The van der Waals surface area contributed by atoms with Gasteiger partial charge in [0.25, 0.3) is 0 Å². The standard InChI is InChI=1S/C20H18N4O2/c1-2-4-6-8-10-14-18-21-22-23-24-26-25-20-17-13-12-16-19(20)15-11-9-7-5-3-1/h1-18H. The van der Waals surface area contributed by atoms with E-state index in [0.717, 1.165) is 5.56 Å². The van der Waals surface area contributed by atoms with E-state index in [0.29, 0.717) is 5.75 Å². The van der Waals surface area contributed by atoms with Crippen LogP contribution in [0.3, 0.4) is 0 Å². The van der Waals surface area contributed by atoms with Gasteiger partial charge in [0, 0.05) is 10.8 Å². The third-order valence-corrected chi connectivity index (χ3v) is 2.86. The third kappa shape index (κ3) is 8.16. The van der Waals surface area contributed by atoms with Crippen LogP contribution in [0.1, 0.15) is 5.56 Å². The van der Waals surface area contributed by atoms with Gasteiger partial charge in [0.05, 0.1) is 11.5 Å². The van der Waals surface area contributed by atoms with Gasteiger partial charge in [-0.1, -0.05) is 91.1 Å². The lowest BCUT2D eigenvalue weighted by atomic mass is 10.2. The van der Waals surface area contributed by atoms with E-state index in [1.165, 1.54) is 6.20 Å². The van der Waals surface area contributed by atoms with Crippen LogP contribution in [0, 0.1) is 0 Å². The summed E-state index contributed by atoms with van der Waals surface area (Å²) in [6.07, 6.45) is 26.1. The van der Waals surface area contributed by atoms with E-state index in [1.807, 2.05) is 91.1 Å². The largest absolute Gasteiger partial charge is 0.265 e. The maximum Gasteiger partial charge on any atom is 0.188 e. The van der Waals surface area contributed by atoms with Crippen molar-refractivity contribution in [2.24, 2.45) is 20.8 Å². The Balaban J connectivity index is 2.10. The molecule has 0 saturated heterocycles. The van der Waals surface area contributed by atoms with Gasteiger partial charge in [0.1, 0.15) is 0 Å². The minimum atomic E-state index is 0.505. The first-order valence-corrected chi connectivity index (χ1v) is 7.86. The molecule has 0 atom stereocenters. The second-order valence-corrected chi connectivity index (χ2v) is 4.70. The fourth-order valence-corrected chi connectivity index (χ4v) is 1.72. The van der Waals surface area contributed by atoms with Crippen LogP contribution in [-0.4, -0.2) is 0 Å². The molecule has 0 bridgehead atoms. The molecular formula is C20H18N4O2. The van der Waals surface area contributed by atoms with Crippen molar-refractivity contribution >= 4 is 6.08 Å². The summed E-state index contributed by atoms with van der Waals surface area (Å²) in [5, 5.41) is 13.8. The average molecular weight is 346 g/mol. The van der Waals surface area contributed by atoms with Crippen LogP contribution < -0.4 is 4.89 Å². The van der Waals surface area contributed by atoms with Crippen LogP contribution >= 0.6 is 0 Å². The molecule has 26 heavy (non-hydrogen) atoms. The van der Waals surface area contributed by atoms with Gasteiger partial charge in [-0.05, 0) is 17.4 Å². The van der Waals surface area contributed by atoms with Crippen molar-refractivity contribution in [3.8, 4) is 5.75 Å². The van der Waals surface area contributed by atoms with E-state index in [2.05, 4.69) is 25.8 Å². The summed E-state index contributed by atoms with van der Waals surface area (Å²) in [6.45, 7) is 0. The molecule has 6 heteroatoms. The summed E-state index contributed by atoms with van der Waals surface area (Å²) in [5.74, 6) is 0.505. The molecule has 0 unspecified atom stereocenters. The van der Waals surface area contributed by atoms with E-state index in [-0.39, 0.29) is 0 Å². The lowest BCUT2D eigenvalue weighted by Crippen LogP contribution is -1.91. The van der Waals surface area contributed by atoms with Gasteiger partial charge < -0.3 is 0 Å². The Bertz CT molecular complexity index is 813. The molecule has 1 heterocycles. The van der Waals surface area contributed by atoms with Crippen LogP contribution in [0.5, 0.6) is 5.75 Å². The highest BCUT2D eigenvalue weighted by Crippen LogP contribution is 2.19. The van der Waals surface area contributed by atoms with Crippen molar-refractivity contribution in [1.29, 1.82) is 0 Å². The zero-order chi connectivity index (χ0) is 18.1.